The van der Waals surface area contributed by atoms with Crippen LogP contribution in [0.25, 0.3) is 17.5 Å². The number of carbonyl (C=O) groups is 1. The zero-order valence-electron chi connectivity index (χ0n) is 16.5. The first-order valence-electron chi connectivity index (χ1n) is 9.33. The van der Waals surface area contributed by atoms with Crippen LogP contribution in [0, 0.1) is 6.92 Å². The van der Waals surface area contributed by atoms with Crippen molar-refractivity contribution in [2.75, 3.05) is 18.3 Å². The molecule has 1 aliphatic rings. The number of oxazole rings is 1. The molecule has 0 amide bonds. The van der Waals surface area contributed by atoms with Gasteiger partial charge in [-0.3, -0.25) is 4.79 Å². The van der Waals surface area contributed by atoms with Gasteiger partial charge in [0.15, 0.2) is 21.3 Å². The van der Waals surface area contributed by atoms with E-state index in [9.17, 15) is 13.2 Å². The van der Waals surface area contributed by atoms with Gasteiger partial charge in [-0.05, 0) is 43.3 Å². The molecule has 0 saturated heterocycles. The molecule has 0 atom stereocenters. The van der Waals surface area contributed by atoms with Gasteiger partial charge in [-0.1, -0.05) is 6.08 Å². The van der Waals surface area contributed by atoms with Crippen LogP contribution in [0.5, 0.6) is 11.5 Å². The molecular formula is C21H19NO8S. The van der Waals surface area contributed by atoms with Gasteiger partial charge in [-0.25, -0.2) is 13.4 Å². The molecule has 0 aliphatic carbocycles. The predicted octanol–water partition coefficient (Wildman–Crippen LogP) is 3.08. The van der Waals surface area contributed by atoms with Gasteiger partial charge >= 0.3 is 5.97 Å². The zero-order chi connectivity index (χ0) is 22.0. The summed E-state index contributed by atoms with van der Waals surface area (Å²) in [7, 11) is -3.69. The van der Waals surface area contributed by atoms with Crippen LogP contribution in [0.3, 0.4) is 0 Å². The third kappa shape index (κ3) is 4.97. The number of sulfone groups is 1. The summed E-state index contributed by atoms with van der Waals surface area (Å²) in [6, 6.07) is 8.92. The van der Waals surface area contributed by atoms with Gasteiger partial charge in [-0.15, -0.1) is 0 Å². The number of fused-ring (bicyclic) bond motifs is 1. The molecule has 0 radical (unpaired) electrons. The van der Waals surface area contributed by atoms with E-state index in [1.165, 1.54) is 12.2 Å². The molecule has 10 heteroatoms. The number of nitrogens with zero attached hydrogens (tertiary/aromatic N) is 1. The number of hydrogen-bond acceptors (Lipinski definition) is 8. The number of carboxylic acids is 1. The van der Waals surface area contributed by atoms with E-state index in [2.05, 4.69) is 4.98 Å². The van der Waals surface area contributed by atoms with E-state index in [1.807, 2.05) is 19.1 Å². The highest BCUT2D eigenvalue weighted by Crippen LogP contribution is 2.36. The van der Waals surface area contributed by atoms with Gasteiger partial charge in [0.2, 0.25) is 12.7 Å². The van der Waals surface area contributed by atoms with Crippen LogP contribution in [-0.2, 0) is 21.1 Å². The summed E-state index contributed by atoms with van der Waals surface area (Å²) in [6.45, 7) is 2.01. The summed E-state index contributed by atoms with van der Waals surface area (Å²) in [4.78, 5) is 15.1. The van der Waals surface area contributed by atoms with Gasteiger partial charge < -0.3 is 23.4 Å². The smallest absolute Gasteiger partial charge is 0.318 e. The Morgan fingerprint density at radius 3 is 2.77 bits per heavy atom. The minimum Gasteiger partial charge on any atom is -0.480 e. The van der Waals surface area contributed by atoms with E-state index in [-0.39, 0.29) is 12.5 Å². The molecule has 4 rings (SSSR count). The second-order valence-corrected chi connectivity index (χ2v) is 9.03. The molecule has 3 aromatic rings. The molecule has 0 bridgehead atoms. The highest BCUT2D eigenvalue weighted by atomic mass is 32.2. The topological polar surface area (TPSA) is 129 Å². The Morgan fingerprint density at radius 2 is 1.97 bits per heavy atom. The van der Waals surface area contributed by atoms with E-state index in [1.54, 1.807) is 18.2 Å². The monoisotopic (exact) mass is 445 g/mol. The number of aryl methyl sites for hydroxylation is 1. The van der Waals surface area contributed by atoms with E-state index in [0.717, 1.165) is 5.56 Å². The highest BCUT2D eigenvalue weighted by molar-refractivity contribution is 7.92. The second kappa shape index (κ2) is 8.31. The molecule has 2 aromatic heterocycles. The van der Waals surface area contributed by atoms with Gasteiger partial charge in [0.1, 0.15) is 23.0 Å². The van der Waals surface area contributed by atoms with Crippen LogP contribution in [0.15, 0.2) is 45.2 Å². The second-order valence-electron chi connectivity index (χ2n) is 6.92. The first-order chi connectivity index (χ1) is 14.8. The number of benzene rings is 1. The van der Waals surface area contributed by atoms with Gasteiger partial charge in [0, 0.05) is 5.56 Å². The third-order valence-electron chi connectivity index (χ3n) is 4.51. The van der Waals surface area contributed by atoms with Crippen LogP contribution in [0.4, 0.5) is 0 Å². The van der Waals surface area contributed by atoms with Crippen LogP contribution < -0.4 is 9.47 Å². The first kappa shape index (κ1) is 20.7. The first-order valence-corrected chi connectivity index (χ1v) is 11.1. The van der Waals surface area contributed by atoms with Gasteiger partial charge in [0.25, 0.3) is 0 Å². The highest BCUT2D eigenvalue weighted by Gasteiger charge is 2.18. The molecule has 1 aromatic carbocycles. The van der Waals surface area contributed by atoms with Crippen LogP contribution in [0.1, 0.15) is 23.0 Å². The molecule has 1 N–H and O–H groups in total. The molecule has 3 heterocycles. The molecule has 31 heavy (non-hydrogen) atoms. The number of rotatable bonds is 8. The molecule has 0 fully saturated rings. The van der Waals surface area contributed by atoms with E-state index >= 15 is 0 Å². The van der Waals surface area contributed by atoms with E-state index < -0.39 is 21.6 Å². The van der Waals surface area contributed by atoms with Gasteiger partial charge in [0.05, 0.1) is 17.9 Å². The normalized spacial score (nSPS) is 13.2. The van der Waals surface area contributed by atoms with Crippen LogP contribution in [0.2, 0.25) is 0 Å². The summed E-state index contributed by atoms with van der Waals surface area (Å²) < 4.78 is 45.4. The molecule has 1 aliphatic heterocycles. The largest absolute Gasteiger partial charge is 0.480 e. The number of hydrogen-bond donors (Lipinski definition) is 1. The van der Waals surface area contributed by atoms with Crippen molar-refractivity contribution in [2.45, 2.75) is 13.3 Å². The molecular weight excluding hydrogens is 426 g/mol. The Labute approximate surface area is 177 Å². The lowest BCUT2D eigenvalue weighted by atomic mass is 10.2. The standard InChI is InChI=1S/C21H19NO8S/c1-13-17(22-21(29-13)14-4-7-18-19(9-14)28-12-27-18)10-16-6-5-15(30-16)3-2-8-31(25,26)11-20(23)24/h2-7,9H,8,10-12H2,1H3,(H,23,24). The number of carboxylic acid groups (broad SMARTS) is 1. The maximum Gasteiger partial charge on any atom is 0.318 e. The van der Waals surface area contributed by atoms with E-state index in [0.29, 0.717) is 46.8 Å². The molecule has 0 saturated carbocycles. The minimum absolute atomic E-state index is 0.190. The maximum atomic E-state index is 11.6. The lowest BCUT2D eigenvalue weighted by Crippen LogP contribution is -2.17. The van der Waals surface area contributed by atoms with Crippen LogP contribution >= 0.6 is 0 Å². The fraction of sp³-hybridized carbons (Fsp3) is 0.238. The van der Waals surface area contributed by atoms with Crippen molar-refractivity contribution in [1.29, 1.82) is 0 Å². The summed E-state index contributed by atoms with van der Waals surface area (Å²) in [5.41, 5.74) is 1.48. The van der Waals surface area contributed by atoms with Crippen molar-refractivity contribution in [2.24, 2.45) is 0 Å². The van der Waals surface area contributed by atoms with Gasteiger partial charge in [-0.2, -0.15) is 0 Å². The average Bonchev–Trinajstić information content (AvgIpc) is 3.41. The van der Waals surface area contributed by atoms with Crippen molar-refractivity contribution in [3.8, 4) is 23.0 Å². The number of ether oxygens (including phenoxy) is 2. The Bertz CT molecular complexity index is 1250. The lowest BCUT2D eigenvalue weighted by Gasteiger charge is -1.98. The summed E-state index contributed by atoms with van der Waals surface area (Å²) in [6.07, 6.45) is 3.25. The predicted molar refractivity (Wildman–Crippen MR) is 110 cm³/mol. The van der Waals surface area contributed by atoms with Crippen LogP contribution in [-0.4, -0.2) is 42.8 Å². The van der Waals surface area contributed by atoms with Crippen molar-refractivity contribution < 1.29 is 36.6 Å². The molecule has 0 unspecified atom stereocenters. The van der Waals surface area contributed by atoms with Crippen molar-refractivity contribution in [1.82, 2.24) is 4.98 Å². The SMILES string of the molecule is Cc1oc(-c2ccc3c(c2)OCO3)nc1Cc1ccc(C=CCS(=O)(=O)CC(=O)O)o1. The Hall–Kier alpha value is -3.53. The van der Waals surface area contributed by atoms with Crippen molar-refractivity contribution in [3.05, 3.63) is 59.4 Å². The quantitative estimate of drug-likeness (QED) is 0.556. The van der Waals surface area contributed by atoms with E-state index in [4.69, 9.17) is 23.4 Å². The number of furan rings is 1. The fourth-order valence-corrected chi connectivity index (χ4v) is 3.93. The molecule has 162 valence electrons. The number of aromatic nitrogens is 1. The number of aliphatic carboxylic acids is 1. The third-order valence-corrected chi connectivity index (χ3v) is 5.90. The average molecular weight is 445 g/mol. The molecule has 0 spiro atoms. The Balaban J connectivity index is 1.43. The van der Waals surface area contributed by atoms with Crippen molar-refractivity contribution in [3.63, 3.8) is 0 Å². The Morgan fingerprint density at radius 1 is 1.16 bits per heavy atom. The minimum atomic E-state index is -3.69. The molecule has 9 nitrogen and oxygen atoms in total. The summed E-state index contributed by atoms with van der Waals surface area (Å²) in [5.74, 6) is 0.856. The summed E-state index contributed by atoms with van der Waals surface area (Å²) >= 11 is 0. The fourth-order valence-electron chi connectivity index (χ4n) is 3.05. The lowest BCUT2D eigenvalue weighted by molar-refractivity contribution is -0.134. The zero-order valence-corrected chi connectivity index (χ0v) is 17.3. The summed E-state index contributed by atoms with van der Waals surface area (Å²) in [5, 5.41) is 8.60. The van der Waals surface area contributed by atoms with Crippen molar-refractivity contribution >= 4 is 21.9 Å². The Kier molecular flexibility index (Phi) is 5.55. The maximum absolute atomic E-state index is 11.6.